The zero-order valence-electron chi connectivity index (χ0n) is 16.0. The van der Waals surface area contributed by atoms with Crippen molar-refractivity contribution in [1.82, 2.24) is 14.8 Å². The van der Waals surface area contributed by atoms with Crippen LogP contribution in [0.3, 0.4) is 0 Å². The number of carbonyl (C=O) groups excluding carboxylic acids is 2. The number of aryl methyl sites for hydroxylation is 1. The second-order valence-electron chi connectivity index (χ2n) is 6.35. The molecule has 0 saturated heterocycles. The summed E-state index contributed by atoms with van der Waals surface area (Å²) in [5.74, 6) is -0.296. The van der Waals surface area contributed by atoms with E-state index in [4.69, 9.17) is 5.73 Å². The van der Waals surface area contributed by atoms with Crippen LogP contribution >= 0.6 is 12.4 Å². The van der Waals surface area contributed by atoms with Gasteiger partial charge in [0.05, 0.1) is 11.3 Å². The maximum atomic E-state index is 12.9. The molecule has 0 radical (unpaired) electrons. The van der Waals surface area contributed by atoms with Crippen molar-refractivity contribution < 1.29 is 9.59 Å². The van der Waals surface area contributed by atoms with Crippen molar-refractivity contribution in [3.8, 4) is 0 Å². The highest BCUT2D eigenvalue weighted by molar-refractivity contribution is 5.97. The van der Waals surface area contributed by atoms with E-state index in [1.807, 2.05) is 30.3 Å². The molecule has 0 saturated carbocycles. The standard InChI is InChI=1S/C20H26N4O2.ClH/c1-15-17(9-10-18(22-15)20(26)23(2)3)19(25)24(14-12-21)13-11-16-7-5-4-6-8-16;/h4-10H,11-14,21H2,1-3H3;1H. The highest BCUT2D eigenvalue weighted by atomic mass is 35.5. The number of pyridine rings is 1. The fraction of sp³-hybridized carbons (Fsp3) is 0.350. The molecule has 0 aliphatic heterocycles. The Balaban J connectivity index is 0.00000364. The molecular formula is C20H27ClN4O2. The van der Waals surface area contributed by atoms with Gasteiger partial charge in [0.2, 0.25) is 0 Å². The summed E-state index contributed by atoms with van der Waals surface area (Å²) < 4.78 is 0. The van der Waals surface area contributed by atoms with Crippen molar-refractivity contribution in [2.75, 3.05) is 33.7 Å². The number of carbonyl (C=O) groups is 2. The summed E-state index contributed by atoms with van der Waals surface area (Å²) >= 11 is 0. The average Bonchev–Trinajstić information content (AvgIpc) is 2.64. The molecule has 6 nitrogen and oxygen atoms in total. The smallest absolute Gasteiger partial charge is 0.271 e. The third kappa shape index (κ3) is 6.05. The molecule has 1 heterocycles. The zero-order valence-corrected chi connectivity index (χ0v) is 16.8. The fourth-order valence-corrected chi connectivity index (χ4v) is 2.69. The van der Waals surface area contributed by atoms with Crippen LogP contribution < -0.4 is 5.73 Å². The van der Waals surface area contributed by atoms with E-state index in [0.717, 1.165) is 6.42 Å². The van der Waals surface area contributed by atoms with Gasteiger partial charge in [-0.2, -0.15) is 0 Å². The molecule has 0 aliphatic carbocycles. The van der Waals surface area contributed by atoms with Gasteiger partial charge in [0.25, 0.3) is 11.8 Å². The Kier molecular flexibility index (Phi) is 8.91. The lowest BCUT2D eigenvalue weighted by Gasteiger charge is -2.23. The van der Waals surface area contributed by atoms with Gasteiger partial charge < -0.3 is 15.5 Å². The van der Waals surface area contributed by atoms with Crippen molar-refractivity contribution in [3.63, 3.8) is 0 Å². The van der Waals surface area contributed by atoms with Gasteiger partial charge in [-0.1, -0.05) is 30.3 Å². The van der Waals surface area contributed by atoms with E-state index >= 15 is 0 Å². The third-order valence-electron chi connectivity index (χ3n) is 4.14. The molecule has 2 rings (SSSR count). The minimum Gasteiger partial charge on any atom is -0.343 e. The van der Waals surface area contributed by atoms with Crippen LogP contribution in [0.15, 0.2) is 42.5 Å². The summed E-state index contributed by atoms with van der Waals surface area (Å²) in [4.78, 5) is 32.5. The maximum absolute atomic E-state index is 12.9. The molecule has 2 aromatic rings. The normalized spacial score (nSPS) is 10.1. The second-order valence-corrected chi connectivity index (χ2v) is 6.35. The number of amides is 2. The highest BCUT2D eigenvalue weighted by Crippen LogP contribution is 2.12. The summed E-state index contributed by atoms with van der Waals surface area (Å²) in [6.45, 7) is 3.20. The van der Waals surface area contributed by atoms with Crippen LogP contribution in [0, 0.1) is 6.92 Å². The van der Waals surface area contributed by atoms with E-state index in [2.05, 4.69) is 4.98 Å². The van der Waals surface area contributed by atoms with E-state index in [-0.39, 0.29) is 24.2 Å². The molecule has 0 aliphatic rings. The molecule has 27 heavy (non-hydrogen) atoms. The Labute approximate surface area is 166 Å². The molecule has 2 amide bonds. The number of rotatable bonds is 7. The van der Waals surface area contributed by atoms with Gasteiger partial charge in [-0.15, -0.1) is 12.4 Å². The summed E-state index contributed by atoms with van der Waals surface area (Å²) in [5, 5.41) is 0. The molecule has 0 atom stereocenters. The first kappa shape index (κ1) is 22.6. The number of nitrogens with zero attached hydrogens (tertiary/aromatic N) is 3. The van der Waals surface area contributed by atoms with Crippen molar-refractivity contribution in [3.05, 3.63) is 65.0 Å². The number of benzene rings is 1. The number of hydrogen-bond donors (Lipinski definition) is 1. The van der Waals surface area contributed by atoms with Crippen LogP contribution in [0.25, 0.3) is 0 Å². The number of halogens is 1. The molecule has 1 aromatic carbocycles. The maximum Gasteiger partial charge on any atom is 0.271 e. The van der Waals surface area contributed by atoms with Gasteiger partial charge in [0, 0.05) is 33.7 Å². The van der Waals surface area contributed by atoms with Gasteiger partial charge in [-0.05, 0) is 31.0 Å². The van der Waals surface area contributed by atoms with Crippen molar-refractivity contribution >= 4 is 24.2 Å². The van der Waals surface area contributed by atoms with Crippen LogP contribution in [-0.2, 0) is 6.42 Å². The summed E-state index contributed by atoms with van der Waals surface area (Å²) in [6, 6.07) is 13.3. The summed E-state index contributed by atoms with van der Waals surface area (Å²) in [7, 11) is 3.34. The van der Waals surface area contributed by atoms with Gasteiger partial charge in [-0.3, -0.25) is 9.59 Å². The molecule has 0 bridgehead atoms. The number of hydrogen-bond acceptors (Lipinski definition) is 4. The summed E-state index contributed by atoms with van der Waals surface area (Å²) in [5.41, 5.74) is 8.24. The van der Waals surface area contributed by atoms with Crippen LogP contribution in [0.1, 0.15) is 32.1 Å². The number of aromatic nitrogens is 1. The molecule has 7 heteroatoms. The molecular weight excluding hydrogens is 364 g/mol. The Morgan fingerprint density at radius 2 is 1.67 bits per heavy atom. The average molecular weight is 391 g/mol. The van der Waals surface area contributed by atoms with Crippen molar-refractivity contribution in [2.24, 2.45) is 5.73 Å². The molecule has 2 N–H and O–H groups in total. The second kappa shape index (κ2) is 10.6. The van der Waals surface area contributed by atoms with Crippen LogP contribution in [0.5, 0.6) is 0 Å². The van der Waals surface area contributed by atoms with Gasteiger partial charge in [0.1, 0.15) is 5.69 Å². The van der Waals surface area contributed by atoms with Crippen molar-refractivity contribution in [2.45, 2.75) is 13.3 Å². The van der Waals surface area contributed by atoms with Crippen molar-refractivity contribution in [1.29, 1.82) is 0 Å². The Morgan fingerprint density at radius 3 is 2.22 bits per heavy atom. The molecule has 0 fully saturated rings. The topological polar surface area (TPSA) is 79.5 Å². The van der Waals surface area contributed by atoms with Gasteiger partial charge in [0.15, 0.2) is 0 Å². The van der Waals surface area contributed by atoms with E-state index in [9.17, 15) is 9.59 Å². The fourth-order valence-electron chi connectivity index (χ4n) is 2.69. The number of nitrogens with two attached hydrogens (primary N) is 1. The first-order valence-corrected chi connectivity index (χ1v) is 8.66. The Morgan fingerprint density at radius 1 is 1.00 bits per heavy atom. The van der Waals surface area contributed by atoms with E-state index in [1.165, 1.54) is 10.5 Å². The Hall–Kier alpha value is -2.44. The van der Waals surface area contributed by atoms with Gasteiger partial charge >= 0.3 is 0 Å². The van der Waals surface area contributed by atoms with E-state index < -0.39 is 0 Å². The summed E-state index contributed by atoms with van der Waals surface area (Å²) in [6.07, 6.45) is 0.760. The first-order valence-electron chi connectivity index (χ1n) is 8.66. The van der Waals surface area contributed by atoms with E-state index in [0.29, 0.717) is 36.6 Å². The highest BCUT2D eigenvalue weighted by Gasteiger charge is 2.19. The van der Waals surface area contributed by atoms with Crippen LogP contribution in [0.2, 0.25) is 0 Å². The zero-order chi connectivity index (χ0) is 19.1. The molecule has 1 aromatic heterocycles. The van der Waals surface area contributed by atoms with Crippen LogP contribution in [0.4, 0.5) is 0 Å². The first-order chi connectivity index (χ1) is 12.4. The van der Waals surface area contributed by atoms with Crippen LogP contribution in [-0.4, -0.2) is 60.3 Å². The predicted octanol–water partition coefficient (Wildman–Crippen LogP) is 2.16. The van der Waals surface area contributed by atoms with E-state index in [1.54, 1.807) is 38.1 Å². The minimum absolute atomic E-state index is 0. The molecule has 0 spiro atoms. The van der Waals surface area contributed by atoms with Gasteiger partial charge in [-0.25, -0.2) is 4.98 Å². The lowest BCUT2D eigenvalue weighted by atomic mass is 10.1. The minimum atomic E-state index is -0.185. The molecule has 146 valence electrons. The molecule has 0 unspecified atom stereocenters. The largest absolute Gasteiger partial charge is 0.343 e. The monoisotopic (exact) mass is 390 g/mol. The Bertz CT molecular complexity index is 766. The quantitative estimate of drug-likeness (QED) is 0.785. The predicted molar refractivity (Wildman–Crippen MR) is 109 cm³/mol. The SMILES string of the molecule is Cc1nc(C(=O)N(C)C)ccc1C(=O)N(CCN)CCc1ccccc1.Cl. The lowest BCUT2D eigenvalue weighted by molar-refractivity contribution is 0.0758. The lowest BCUT2D eigenvalue weighted by Crippen LogP contribution is -2.37. The third-order valence-corrected chi connectivity index (χ3v) is 4.14.